The third kappa shape index (κ3) is 5.62. The van der Waals surface area contributed by atoms with Crippen LogP contribution in [-0.4, -0.2) is 29.0 Å². The molecule has 1 atom stereocenters. The molecule has 0 saturated heterocycles. The van der Waals surface area contributed by atoms with E-state index in [1.54, 1.807) is 7.11 Å². The molecule has 0 bridgehead atoms. The summed E-state index contributed by atoms with van der Waals surface area (Å²) in [6.07, 6.45) is 4.86. The van der Waals surface area contributed by atoms with Crippen LogP contribution in [0, 0.1) is 0 Å². The van der Waals surface area contributed by atoms with Gasteiger partial charge in [-0.25, -0.2) is 0 Å². The van der Waals surface area contributed by atoms with Crippen molar-refractivity contribution in [3.05, 3.63) is 42.0 Å². The van der Waals surface area contributed by atoms with Gasteiger partial charge in [0.2, 0.25) is 9.04 Å². The molecule has 1 aromatic rings. The molecule has 3 heteroatoms. The number of methoxy groups -OCH3 is 1. The van der Waals surface area contributed by atoms with E-state index in [4.69, 9.17) is 9.16 Å². The minimum atomic E-state index is -1.14. The van der Waals surface area contributed by atoms with E-state index in [2.05, 4.69) is 37.8 Å². The lowest BCUT2D eigenvalue weighted by Gasteiger charge is -2.14. The first-order valence-corrected chi connectivity index (χ1v) is 8.72. The van der Waals surface area contributed by atoms with Crippen molar-refractivity contribution in [2.45, 2.75) is 25.8 Å². The molecular weight excluding hydrogens is 240 g/mol. The predicted molar refractivity (Wildman–Crippen MR) is 80.3 cm³/mol. The van der Waals surface area contributed by atoms with Crippen molar-refractivity contribution < 1.29 is 9.16 Å². The highest BCUT2D eigenvalue weighted by Gasteiger charge is 2.10. The molecule has 0 fully saturated rings. The smallest absolute Gasteiger partial charge is 0.202 e. The number of benzene rings is 1. The first-order valence-electron chi connectivity index (χ1n) is 6.62. The lowest BCUT2D eigenvalue weighted by molar-refractivity contribution is 0.217. The molecule has 1 rings (SSSR count). The molecule has 0 amide bonds. The Morgan fingerprint density at radius 2 is 2.22 bits per heavy atom. The standard InChI is InChI=1S/C15H24O2Si/c1-4-11-18(13-16-3)17-10-9-15-8-6-7-14(5-2)12-15/h5-8,12,18H,2,4,9-11,13H2,1,3H3. The molecule has 18 heavy (non-hydrogen) atoms. The van der Waals surface area contributed by atoms with Crippen molar-refractivity contribution in [3.63, 3.8) is 0 Å². The van der Waals surface area contributed by atoms with E-state index in [1.807, 2.05) is 6.08 Å². The molecular formula is C15H24O2Si. The maximum Gasteiger partial charge on any atom is 0.202 e. The van der Waals surface area contributed by atoms with Gasteiger partial charge in [-0.2, -0.15) is 0 Å². The number of hydrogen-bond donors (Lipinski definition) is 0. The normalized spacial score (nSPS) is 12.3. The Bertz CT molecular complexity index is 346. The molecule has 2 nitrogen and oxygen atoms in total. The zero-order valence-corrected chi connectivity index (χ0v) is 12.7. The summed E-state index contributed by atoms with van der Waals surface area (Å²) in [5, 5.41) is 0. The van der Waals surface area contributed by atoms with E-state index < -0.39 is 9.04 Å². The van der Waals surface area contributed by atoms with Crippen LogP contribution in [0.25, 0.3) is 6.08 Å². The van der Waals surface area contributed by atoms with Crippen LogP contribution in [0.1, 0.15) is 24.5 Å². The first kappa shape index (κ1) is 15.2. The van der Waals surface area contributed by atoms with Crippen molar-refractivity contribution in [1.29, 1.82) is 0 Å². The van der Waals surface area contributed by atoms with Crippen LogP contribution in [0.15, 0.2) is 30.8 Å². The van der Waals surface area contributed by atoms with Crippen molar-refractivity contribution in [1.82, 2.24) is 0 Å². The zero-order chi connectivity index (χ0) is 13.2. The third-order valence-electron chi connectivity index (χ3n) is 2.89. The maximum atomic E-state index is 5.99. The van der Waals surface area contributed by atoms with Gasteiger partial charge in [-0.1, -0.05) is 50.3 Å². The van der Waals surface area contributed by atoms with Crippen molar-refractivity contribution in [2.24, 2.45) is 0 Å². The van der Waals surface area contributed by atoms with Gasteiger partial charge in [0.15, 0.2) is 0 Å². The SMILES string of the molecule is C=Cc1cccc(CCO[SiH](CCC)COC)c1. The Balaban J connectivity index is 2.36. The molecule has 1 unspecified atom stereocenters. The lowest BCUT2D eigenvalue weighted by Crippen LogP contribution is -2.25. The number of ether oxygens (including phenoxy) is 1. The van der Waals surface area contributed by atoms with Crippen LogP contribution in [0.5, 0.6) is 0 Å². The topological polar surface area (TPSA) is 18.5 Å². The summed E-state index contributed by atoms with van der Waals surface area (Å²) in [6, 6.07) is 9.64. The summed E-state index contributed by atoms with van der Waals surface area (Å²) in [7, 11) is 0.620. The van der Waals surface area contributed by atoms with Crippen LogP contribution in [0.4, 0.5) is 0 Å². The molecule has 1 aromatic carbocycles. The number of hydrogen-bond acceptors (Lipinski definition) is 2. The van der Waals surface area contributed by atoms with Crippen molar-refractivity contribution in [3.8, 4) is 0 Å². The summed E-state index contributed by atoms with van der Waals surface area (Å²) in [4.78, 5) is 0. The van der Waals surface area contributed by atoms with Gasteiger partial charge in [-0.05, 0) is 23.6 Å². The Morgan fingerprint density at radius 1 is 1.39 bits per heavy atom. The molecule has 100 valence electrons. The molecule has 0 aliphatic heterocycles. The zero-order valence-electron chi connectivity index (χ0n) is 11.5. The summed E-state index contributed by atoms with van der Waals surface area (Å²) >= 11 is 0. The Hall–Kier alpha value is -0.903. The molecule has 0 saturated carbocycles. The van der Waals surface area contributed by atoms with Crippen LogP contribution in [-0.2, 0) is 15.6 Å². The van der Waals surface area contributed by atoms with Gasteiger partial charge in [0.05, 0.1) is 6.23 Å². The van der Waals surface area contributed by atoms with Gasteiger partial charge in [-0.3, -0.25) is 0 Å². The number of rotatable bonds is 9. The molecule has 0 aliphatic carbocycles. The van der Waals surface area contributed by atoms with Gasteiger partial charge in [-0.15, -0.1) is 0 Å². The van der Waals surface area contributed by atoms with Gasteiger partial charge < -0.3 is 9.16 Å². The lowest BCUT2D eigenvalue weighted by atomic mass is 10.1. The first-order chi connectivity index (χ1) is 8.80. The monoisotopic (exact) mass is 264 g/mol. The van der Waals surface area contributed by atoms with E-state index in [-0.39, 0.29) is 0 Å². The van der Waals surface area contributed by atoms with E-state index in [0.717, 1.165) is 19.3 Å². The maximum absolute atomic E-state index is 5.99. The van der Waals surface area contributed by atoms with E-state index in [9.17, 15) is 0 Å². The Kier molecular flexibility index (Phi) is 7.65. The van der Waals surface area contributed by atoms with E-state index in [0.29, 0.717) is 0 Å². The fourth-order valence-electron chi connectivity index (χ4n) is 1.94. The van der Waals surface area contributed by atoms with E-state index in [1.165, 1.54) is 23.6 Å². The van der Waals surface area contributed by atoms with Crippen molar-refractivity contribution >= 4 is 15.1 Å². The summed E-state index contributed by atoms with van der Waals surface area (Å²) < 4.78 is 11.2. The van der Waals surface area contributed by atoms with Gasteiger partial charge in [0, 0.05) is 13.7 Å². The molecule has 0 radical (unpaired) electrons. The van der Waals surface area contributed by atoms with Crippen LogP contribution in [0.3, 0.4) is 0 Å². The molecule has 0 aliphatic rings. The largest absolute Gasteiger partial charge is 0.417 e. The van der Waals surface area contributed by atoms with Crippen LogP contribution >= 0.6 is 0 Å². The second-order valence-electron chi connectivity index (χ2n) is 4.44. The fraction of sp³-hybridized carbons (Fsp3) is 0.467. The second-order valence-corrected chi connectivity index (χ2v) is 6.92. The second kappa shape index (κ2) is 9.08. The molecule has 0 heterocycles. The molecule has 0 N–H and O–H groups in total. The highest BCUT2D eigenvalue weighted by Crippen LogP contribution is 2.08. The minimum absolute atomic E-state index is 0.806. The highest BCUT2D eigenvalue weighted by molar-refractivity contribution is 6.51. The van der Waals surface area contributed by atoms with Gasteiger partial charge in [0.1, 0.15) is 0 Å². The average Bonchev–Trinajstić information content (AvgIpc) is 2.39. The van der Waals surface area contributed by atoms with Gasteiger partial charge >= 0.3 is 0 Å². The summed E-state index contributed by atoms with van der Waals surface area (Å²) in [5.41, 5.74) is 2.49. The summed E-state index contributed by atoms with van der Waals surface area (Å²) in [6.45, 7) is 6.80. The fourth-order valence-corrected chi connectivity index (χ4v) is 3.84. The minimum Gasteiger partial charge on any atom is -0.417 e. The van der Waals surface area contributed by atoms with Crippen LogP contribution < -0.4 is 0 Å². The summed E-state index contributed by atoms with van der Waals surface area (Å²) in [5.74, 6) is 0. The third-order valence-corrected chi connectivity index (χ3v) is 5.53. The molecule has 0 spiro atoms. The van der Waals surface area contributed by atoms with Crippen LogP contribution in [0.2, 0.25) is 6.04 Å². The average molecular weight is 264 g/mol. The predicted octanol–water partition coefficient (Wildman–Crippen LogP) is 3.21. The van der Waals surface area contributed by atoms with Gasteiger partial charge in [0.25, 0.3) is 0 Å². The van der Waals surface area contributed by atoms with Crippen molar-refractivity contribution in [2.75, 3.05) is 19.9 Å². The Morgan fingerprint density at radius 3 is 2.89 bits per heavy atom. The highest BCUT2D eigenvalue weighted by atomic mass is 28.3. The van der Waals surface area contributed by atoms with E-state index >= 15 is 0 Å². The Labute approximate surface area is 112 Å². The quantitative estimate of drug-likeness (QED) is 0.638. The molecule has 0 aromatic heterocycles.